The third kappa shape index (κ3) is 7.93. The molecule has 3 aliphatic heterocycles. The van der Waals surface area contributed by atoms with Crippen molar-refractivity contribution in [1.82, 2.24) is 25.3 Å². The molecule has 0 spiro atoms. The van der Waals surface area contributed by atoms with Gasteiger partial charge in [0.15, 0.2) is 0 Å². The van der Waals surface area contributed by atoms with Gasteiger partial charge in [0.1, 0.15) is 29.5 Å². The minimum atomic E-state index is -1.11. The number of para-hydroxylation sites is 1. The van der Waals surface area contributed by atoms with Crippen LogP contribution in [0.15, 0.2) is 24.3 Å². The lowest BCUT2D eigenvalue weighted by Crippen LogP contribution is -2.63. The molecule has 3 aliphatic rings. The molecule has 3 heterocycles. The molecule has 0 unspecified atom stereocenters. The number of benzene rings is 1. The number of amides is 5. The van der Waals surface area contributed by atoms with E-state index in [4.69, 9.17) is 9.47 Å². The Hall–Kier alpha value is -3.83. The van der Waals surface area contributed by atoms with Crippen LogP contribution in [0.1, 0.15) is 92.7 Å². The van der Waals surface area contributed by atoms with Gasteiger partial charge in [-0.25, -0.2) is 4.79 Å². The first-order valence-corrected chi connectivity index (χ1v) is 16.5. The summed E-state index contributed by atoms with van der Waals surface area (Å²) in [6.45, 7) is 15.0. The Morgan fingerprint density at radius 2 is 1.70 bits per heavy atom. The Bertz CT molecular complexity index is 1320. The molecule has 0 radical (unpaired) electrons. The van der Waals surface area contributed by atoms with Crippen molar-refractivity contribution in [3.05, 3.63) is 29.8 Å². The number of rotatable bonds is 6. The first-order valence-electron chi connectivity index (χ1n) is 16.5. The molecule has 0 saturated carbocycles. The normalized spacial score (nSPS) is 24.0. The van der Waals surface area contributed by atoms with Gasteiger partial charge in [0.2, 0.25) is 23.6 Å². The van der Waals surface area contributed by atoms with Gasteiger partial charge < -0.3 is 29.9 Å². The van der Waals surface area contributed by atoms with Crippen LogP contribution in [0.3, 0.4) is 0 Å². The fourth-order valence-electron chi connectivity index (χ4n) is 6.47. The van der Waals surface area contributed by atoms with E-state index in [1.165, 1.54) is 4.90 Å². The summed E-state index contributed by atoms with van der Waals surface area (Å²) in [5.74, 6) is -0.608. The number of ether oxygens (including phenoxy) is 2. The third-order valence-corrected chi connectivity index (χ3v) is 8.83. The molecule has 254 valence electrons. The molecule has 2 N–H and O–H groups in total. The highest BCUT2D eigenvalue weighted by molar-refractivity contribution is 5.95. The van der Waals surface area contributed by atoms with Gasteiger partial charge in [-0.05, 0) is 59.9 Å². The largest absolute Gasteiger partial charge is 0.493 e. The van der Waals surface area contributed by atoms with Crippen molar-refractivity contribution in [2.24, 2.45) is 5.41 Å². The highest BCUT2D eigenvalue weighted by atomic mass is 16.6. The summed E-state index contributed by atoms with van der Waals surface area (Å²) in [5, 5.41) is 6.01. The topological polar surface area (TPSA) is 138 Å². The van der Waals surface area contributed by atoms with E-state index in [-0.39, 0.29) is 37.0 Å². The molecule has 2 saturated heterocycles. The second kappa shape index (κ2) is 13.9. The zero-order valence-corrected chi connectivity index (χ0v) is 28.6. The summed E-state index contributed by atoms with van der Waals surface area (Å²) in [7, 11) is 0. The van der Waals surface area contributed by atoms with Crippen LogP contribution in [-0.2, 0) is 23.9 Å². The Morgan fingerprint density at radius 3 is 2.35 bits per heavy atom. The van der Waals surface area contributed by atoms with E-state index in [2.05, 4.69) is 10.6 Å². The smallest absolute Gasteiger partial charge is 0.410 e. The van der Waals surface area contributed by atoms with Crippen LogP contribution in [0.25, 0.3) is 0 Å². The van der Waals surface area contributed by atoms with Crippen molar-refractivity contribution in [1.29, 1.82) is 0 Å². The summed E-state index contributed by atoms with van der Waals surface area (Å²) in [6, 6.07) is 4.30. The molecule has 1 aromatic carbocycles. The van der Waals surface area contributed by atoms with Crippen molar-refractivity contribution in [3.63, 3.8) is 0 Å². The number of likely N-dealkylation sites (N-methyl/N-ethyl adjacent to an activating group) is 1. The standard InChI is InChI=1S/C34H51N5O7/c1-9-38(32(44)46-34(6,7)8)21(2)28(40)36-25-20-37(31(43)33(3,4)5)18-16-22-14-15-26(39(22)30(25)42)29(41)35-24-17-19-45-27-13-11-10-12-23(24)27/h10-13,21-22,24-26H,9,14-20H2,1-8H3,(H,35,41)(H,36,40)/t21-,22+,24+,25-,26-/m0/s1. The lowest BCUT2D eigenvalue weighted by molar-refractivity contribution is -0.149. The number of carbonyl (C=O) groups is 5. The maximum atomic E-state index is 14.4. The highest BCUT2D eigenvalue weighted by Gasteiger charge is 2.47. The monoisotopic (exact) mass is 641 g/mol. The van der Waals surface area contributed by atoms with Crippen molar-refractivity contribution in [2.75, 3.05) is 26.2 Å². The average Bonchev–Trinajstić information content (AvgIpc) is 3.40. The molecular weight excluding hydrogens is 590 g/mol. The van der Waals surface area contributed by atoms with Gasteiger partial charge in [-0.1, -0.05) is 39.0 Å². The van der Waals surface area contributed by atoms with E-state index in [1.54, 1.807) is 44.4 Å². The zero-order valence-electron chi connectivity index (χ0n) is 28.6. The number of nitrogens with zero attached hydrogens (tertiary/aromatic N) is 3. The molecular formula is C34H51N5O7. The minimum absolute atomic E-state index is 0.0448. The molecule has 0 aromatic heterocycles. The fourth-order valence-corrected chi connectivity index (χ4v) is 6.47. The van der Waals surface area contributed by atoms with Gasteiger partial charge >= 0.3 is 6.09 Å². The molecule has 5 atom stereocenters. The van der Waals surface area contributed by atoms with Crippen molar-refractivity contribution >= 4 is 29.7 Å². The lowest BCUT2D eigenvalue weighted by Gasteiger charge is -2.41. The number of carbonyl (C=O) groups excluding carboxylic acids is 5. The maximum Gasteiger partial charge on any atom is 0.410 e. The average molecular weight is 642 g/mol. The zero-order chi connectivity index (χ0) is 34.0. The summed E-state index contributed by atoms with van der Waals surface area (Å²) in [5.41, 5.74) is -0.550. The molecule has 2 fully saturated rings. The van der Waals surface area contributed by atoms with Crippen LogP contribution in [0, 0.1) is 5.41 Å². The van der Waals surface area contributed by atoms with Gasteiger partial charge in [0, 0.05) is 43.1 Å². The second-order valence-electron chi connectivity index (χ2n) is 14.5. The Labute approximate surface area is 272 Å². The Balaban J connectivity index is 1.58. The van der Waals surface area contributed by atoms with E-state index in [1.807, 2.05) is 45.0 Å². The summed E-state index contributed by atoms with van der Waals surface area (Å²) in [6.07, 6.45) is 1.57. The van der Waals surface area contributed by atoms with Crippen molar-refractivity contribution < 1.29 is 33.4 Å². The number of nitrogens with one attached hydrogen (secondary N) is 2. The van der Waals surface area contributed by atoms with E-state index >= 15 is 0 Å². The predicted molar refractivity (Wildman–Crippen MR) is 172 cm³/mol. The Morgan fingerprint density at radius 1 is 1.00 bits per heavy atom. The van der Waals surface area contributed by atoms with Gasteiger partial charge in [-0.2, -0.15) is 0 Å². The van der Waals surface area contributed by atoms with E-state index in [0.717, 1.165) is 11.3 Å². The molecule has 4 rings (SSSR count). The third-order valence-electron chi connectivity index (χ3n) is 8.83. The minimum Gasteiger partial charge on any atom is -0.493 e. The van der Waals surface area contributed by atoms with Crippen LogP contribution in [0.5, 0.6) is 5.75 Å². The number of hydrogen-bond acceptors (Lipinski definition) is 7. The maximum absolute atomic E-state index is 14.4. The van der Waals surface area contributed by atoms with E-state index in [0.29, 0.717) is 38.8 Å². The molecule has 5 amide bonds. The lowest BCUT2D eigenvalue weighted by atomic mass is 9.93. The van der Waals surface area contributed by atoms with Gasteiger partial charge in [-0.15, -0.1) is 0 Å². The van der Waals surface area contributed by atoms with Crippen LogP contribution >= 0.6 is 0 Å². The SMILES string of the molecule is CCN(C(=O)OC(C)(C)C)[C@@H](C)C(=O)N[C@H]1CN(C(=O)C(C)(C)C)CC[C@H]2CC[C@@H](C(=O)N[C@@H]3CCOc4ccccc43)N2C1=O. The summed E-state index contributed by atoms with van der Waals surface area (Å²) < 4.78 is 11.3. The van der Waals surface area contributed by atoms with Crippen molar-refractivity contribution in [3.8, 4) is 5.75 Å². The molecule has 0 aliphatic carbocycles. The van der Waals surface area contributed by atoms with Crippen LogP contribution in [-0.4, -0.2) is 100 Å². The van der Waals surface area contributed by atoms with Crippen LogP contribution in [0.2, 0.25) is 0 Å². The first kappa shape index (κ1) is 35.0. The fraction of sp³-hybridized carbons (Fsp3) is 0.676. The molecule has 1 aromatic rings. The molecule has 46 heavy (non-hydrogen) atoms. The van der Waals surface area contributed by atoms with Crippen LogP contribution < -0.4 is 15.4 Å². The van der Waals surface area contributed by atoms with Gasteiger partial charge in [0.25, 0.3) is 0 Å². The van der Waals surface area contributed by atoms with E-state index in [9.17, 15) is 24.0 Å². The van der Waals surface area contributed by atoms with Crippen LogP contribution in [0.4, 0.5) is 4.79 Å². The molecule has 12 heteroatoms. The Kier molecular flexibility index (Phi) is 10.6. The summed E-state index contributed by atoms with van der Waals surface area (Å²) in [4.78, 5) is 72.8. The summed E-state index contributed by atoms with van der Waals surface area (Å²) >= 11 is 0. The molecule has 0 bridgehead atoms. The number of fused-ring (bicyclic) bond motifs is 2. The second-order valence-corrected chi connectivity index (χ2v) is 14.5. The molecule has 12 nitrogen and oxygen atoms in total. The predicted octanol–water partition coefficient (Wildman–Crippen LogP) is 3.39. The number of hydrogen-bond donors (Lipinski definition) is 2. The van der Waals surface area contributed by atoms with Gasteiger partial charge in [-0.3, -0.25) is 24.1 Å². The van der Waals surface area contributed by atoms with Crippen molar-refractivity contribution in [2.45, 2.75) is 117 Å². The van der Waals surface area contributed by atoms with E-state index < -0.39 is 47.0 Å². The highest BCUT2D eigenvalue weighted by Crippen LogP contribution is 2.34. The van der Waals surface area contributed by atoms with Gasteiger partial charge in [0.05, 0.1) is 12.6 Å². The first-order chi connectivity index (χ1) is 21.5. The quantitative estimate of drug-likeness (QED) is 0.486.